The fourth-order valence-electron chi connectivity index (χ4n) is 2.87. The van der Waals surface area contributed by atoms with E-state index in [1.165, 1.54) is 24.3 Å². The van der Waals surface area contributed by atoms with Crippen molar-refractivity contribution in [3.05, 3.63) is 35.6 Å². The number of hydrogen-bond acceptors (Lipinski definition) is 3. The van der Waals surface area contributed by atoms with Gasteiger partial charge in [-0.25, -0.2) is 4.39 Å². The van der Waals surface area contributed by atoms with Crippen molar-refractivity contribution >= 4 is 11.8 Å². The lowest BCUT2D eigenvalue weighted by Crippen LogP contribution is -2.46. The molecule has 21 heavy (non-hydrogen) atoms. The molecule has 1 unspecified atom stereocenters. The smallest absolute Gasteiger partial charge is 0.306 e. The van der Waals surface area contributed by atoms with Crippen LogP contribution in [0.4, 0.5) is 4.39 Å². The van der Waals surface area contributed by atoms with Crippen LogP contribution in [0.15, 0.2) is 24.3 Å². The fraction of sp³-hybridized carbons (Fsp3) is 0.500. The SMILES string of the molecule is CCC(C(=O)c1ccc(F)cc1)N1CCC(C(=O)O)CC1. The Morgan fingerprint density at radius 3 is 2.33 bits per heavy atom. The van der Waals surface area contributed by atoms with Crippen molar-refractivity contribution in [1.82, 2.24) is 4.90 Å². The number of benzene rings is 1. The van der Waals surface area contributed by atoms with E-state index in [-0.39, 0.29) is 23.6 Å². The highest BCUT2D eigenvalue weighted by atomic mass is 19.1. The lowest BCUT2D eigenvalue weighted by molar-refractivity contribution is -0.143. The summed E-state index contributed by atoms with van der Waals surface area (Å²) in [4.78, 5) is 25.5. The number of ketones is 1. The lowest BCUT2D eigenvalue weighted by Gasteiger charge is -2.35. The van der Waals surface area contributed by atoms with E-state index in [4.69, 9.17) is 5.11 Å². The van der Waals surface area contributed by atoms with E-state index in [0.717, 1.165) is 0 Å². The second-order valence-corrected chi connectivity index (χ2v) is 5.44. The molecule has 1 aromatic carbocycles. The van der Waals surface area contributed by atoms with Gasteiger partial charge in [0.15, 0.2) is 5.78 Å². The van der Waals surface area contributed by atoms with E-state index >= 15 is 0 Å². The second-order valence-electron chi connectivity index (χ2n) is 5.44. The van der Waals surface area contributed by atoms with E-state index in [9.17, 15) is 14.0 Å². The number of aliphatic carboxylic acids is 1. The predicted octanol–water partition coefficient (Wildman–Crippen LogP) is 2.58. The Morgan fingerprint density at radius 1 is 1.29 bits per heavy atom. The zero-order valence-electron chi connectivity index (χ0n) is 12.1. The average Bonchev–Trinajstić information content (AvgIpc) is 2.49. The van der Waals surface area contributed by atoms with Gasteiger partial charge in [-0.2, -0.15) is 0 Å². The molecule has 2 rings (SSSR count). The average molecular weight is 293 g/mol. The first-order valence-corrected chi connectivity index (χ1v) is 7.29. The number of halogens is 1. The molecule has 1 fully saturated rings. The molecule has 1 N–H and O–H groups in total. The summed E-state index contributed by atoms with van der Waals surface area (Å²) in [5.74, 6) is -1.44. The van der Waals surface area contributed by atoms with Crippen LogP contribution in [0.25, 0.3) is 0 Å². The summed E-state index contributed by atoms with van der Waals surface area (Å²) >= 11 is 0. The van der Waals surface area contributed by atoms with Gasteiger partial charge in [0.25, 0.3) is 0 Å². The quantitative estimate of drug-likeness (QED) is 0.848. The van der Waals surface area contributed by atoms with Crippen LogP contribution in [0.5, 0.6) is 0 Å². The Labute approximate surface area is 123 Å². The molecule has 4 nitrogen and oxygen atoms in total. The summed E-state index contributed by atoms with van der Waals surface area (Å²) in [6.07, 6.45) is 1.80. The van der Waals surface area contributed by atoms with Crippen LogP contribution in [-0.2, 0) is 4.79 Å². The largest absolute Gasteiger partial charge is 0.481 e. The molecule has 0 saturated carbocycles. The van der Waals surface area contributed by atoms with E-state index < -0.39 is 5.97 Å². The Morgan fingerprint density at radius 2 is 1.86 bits per heavy atom. The molecule has 1 aliphatic heterocycles. The third-order valence-corrected chi connectivity index (χ3v) is 4.14. The number of rotatable bonds is 5. The van der Waals surface area contributed by atoms with Crippen molar-refractivity contribution in [3.8, 4) is 0 Å². The van der Waals surface area contributed by atoms with Crippen molar-refractivity contribution in [3.63, 3.8) is 0 Å². The van der Waals surface area contributed by atoms with E-state index in [0.29, 0.717) is 37.9 Å². The van der Waals surface area contributed by atoms with Crippen LogP contribution in [0.1, 0.15) is 36.5 Å². The number of carboxylic acids is 1. The first-order chi connectivity index (χ1) is 10.0. The molecule has 1 atom stereocenters. The van der Waals surface area contributed by atoms with Crippen LogP contribution in [0.2, 0.25) is 0 Å². The summed E-state index contributed by atoms with van der Waals surface area (Å²) in [6.45, 7) is 3.17. The van der Waals surface area contributed by atoms with E-state index in [1.54, 1.807) is 0 Å². The molecular weight excluding hydrogens is 273 g/mol. The molecule has 0 bridgehead atoms. The third kappa shape index (κ3) is 3.67. The number of piperidine rings is 1. The molecule has 1 heterocycles. The third-order valence-electron chi connectivity index (χ3n) is 4.14. The molecule has 1 aliphatic rings. The number of Topliss-reactive ketones (excluding diaryl/α,β-unsaturated/α-hetero) is 1. The summed E-state index contributed by atoms with van der Waals surface area (Å²) in [7, 11) is 0. The van der Waals surface area contributed by atoms with Gasteiger partial charge < -0.3 is 5.11 Å². The Bertz CT molecular complexity index is 507. The molecule has 1 saturated heterocycles. The zero-order chi connectivity index (χ0) is 15.4. The van der Waals surface area contributed by atoms with Crippen LogP contribution >= 0.6 is 0 Å². The number of carboxylic acid groups (broad SMARTS) is 1. The summed E-state index contributed by atoms with van der Waals surface area (Å²) in [6, 6.07) is 5.33. The van der Waals surface area contributed by atoms with Gasteiger partial charge in [0.2, 0.25) is 0 Å². The molecular formula is C16H20FNO3. The topological polar surface area (TPSA) is 57.6 Å². The molecule has 1 aromatic rings. The van der Waals surface area contributed by atoms with Gasteiger partial charge in [-0.3, -0.25) is 14.5 Å². The highest BCUT2D eigenvalue weighted by molar-refractivity contribution is 6.00. The van der Waals surface area contributed by atoms with Crippen LogP contribution < -0.4 is 0 Å². The zero-order valence-corrected chi connectivity index (χ0v) is 12.1. The van der Waals surface area contributed by atoms with Gasteiger partial charge in [-0.05, 0) is 56.6 Å². The minimum absolute atomic E-state index is 0.0220. The summed E-state index contributed by atoms with van der Waals surface area (Å²) < 4.78 is 12.9. The van der Waals surface area contributed by atoms with Gasteiger partial charge in [0.05, 0.1) is 12.0 Å². The summed E-state index contributed by atoms with van der Waals surface area (Å²) in [5.41, 5.74) is 0.503. The van der Waals surface area contributed by atoms with Crippen molar-refractivity contribution in [2.45, 2.75) is 32.2 Å². The van der Waals surface area contributed by atoms with Crippen molar-refractivity contribution in [2.75, 3.05) is 13.1 Å². The monoisotopic (exact) mass is 293 g/mol. The van der Waals surface area contributed by atoms with Crippen LogP contribution in [-0.4, -0.2) is 40.9 Å². The Hall–Kier alpha value is -1.75. The predicted molar refractivity (Wildman–Crippen MR) is 76.7 cm³/mol. The van der Waals surface area contributed by atoms with E-state index in [1.807, 2.05) is 11.8 Å². The molecule has 0 amide bonds. The van der Waals surface area contributed by atoms with Crippen LogP contribution in [0.3, 0.4) is 0 Å². The summed E-state index contributed by atoms with van der Waals surface area (Å²) in [5, 5.41) is 9.01. The maximum Gasteiger partial charge on any atom is 0.306 e. The van der Waals surface area contributed by atoms with Gasteiger partial charge in [0, 0.05) is 5.56 Å². The number of likely N-dealkylation sites (tertiary alicyclic amines) is 1. The minimum Gasteiger partial charge on any atom is -0.481 e. The van der Waals surface area contributed by atoms with Gasteiger partial charge in [-0.15, -0.1) is 0 Å². The molecule has 0 aliphatic carbocycles. The fourth-order valence-corrected chi connectivity index (χ4v) is 2.87. The van der Waals surface area contributed by atoms with Crippen LogP contribution in [0, 0.1) is 11.7 Å². The molecule has 5 heteroatoms. The lowest BCUT2D eigenvalue weighted by atomic mass is 9.93. The first-order valence-electron chi connectivity index (χ1n) is 7.29. The molecule has 0 aromatic heterocycles. The highest BCUT2D eigenvalue weighted by Crippen LogP contribution is 2.22. The molecule has 114 valence electrons. The number of carbonyl (C=O) groups excluding carboxylic acids is 1. The normalized spacial score (nSPS) is 18.4. The molecule has 0 radical (unpaired) electrons. The van der Waals surface area contributed by atoms with Crippen molar-refractivity contribution in [1.29, 1.82) is 0 Å². The van der Waals surface area contributed by atoms with E-state index in [2.05, 4.69) is 0 Å². The minimum atomic E-state index is -0.757. The van der Waals surface area contributed by atoms with Gasteiger partial charge in [-0.1, -0.05) is 6.92 Å². The second kappa shape index (κ2) is 6.80. The first kappa shape index (κ1) is 15.6. The number of carbonyl (C=O) groups is 2. The number of nitrogens with zero attached hydrogens (tertiary/aromatic N) is 1. The van der Waals surface area contributed by atoms with Crippen molar-refractivity contribution < 1.29 is 19.1 Å². The highest BCUT2D eigenvalue weighted by Gasteiger charge is 2.31. The number of hydrogen-bond donors (Lipinski definition) is 1. The Balaban J connectivity index is 2.04. The molecule has 0 spiro atoms. The van der Waals surface area contributed by atoms with Crippen molar-refractivity contribution in [2.24, 2.45) is 5.92 Å². The standard InChI is InChI=1S/C16H20FNO3/c1-2-14(15(19)11-3-5-13(17)6-4-11)18-9-7-12(8-10-18)16(20)21/h3-6,12,14H,2,7-10H2,1H3,(H,20,21). The maximum absolute atomic E-state index is 12.9. The maximum atomic E-state index is 12.9. The Kier molecular flexibility index (Phi) is 5.07. The van der Waals surface area contributed by atoms with Gasteiger partial charge in [0.1, 0.15) is 5.82 Å². The van der Waals surface area contributed by atoms with Gasteiger partial charge >= 0.3 is 5.97 Å².